The summed E-state index contributed by atoms with van der Waals surface area (Å²) in [5.41, 5.74) is 0.834. The van der Waals surface area contributed by atoms with E-state index >= 15 is 0 Å². The zero-order chi connectivity index (χ0) is 17.5. The standard InChI is InChI=1S/C18H20FN3O2/c1-3-4-10-22(2)18(24)13-8-9-20-16(11-13)17(23)21-15-7-5-6-14(19)12-15/h5-9,11-12H,3-4,10H2,1-2H3,(H,21,23). The Hall–Kier alpha value is -2.76. The number of halogens is 1. The maximum Gasteiger partial charge on any atom is 0.274 e. The van der Waals surface area contributed by atoms with Gasteiger partial charge in [-0.1, -0.05) is 19.4 Å². The molecule has 24 heavy (non-hydrogen) atoms. The summed E-state index contributed by atoms with van der Waals surface area (Å²) in [6, 6.07) is 8.60. The summed E-state index contributed by atoms with van der Waals surface area (Å²) in [6.07, 6.45) is 3.33. The van der Waals surface area contributed by atoms with Crippen LogP contribution in [0.5, 0.6) is 0 Å². The number of anilines is 1. The van der Waals surface area contributed by atoms with Gasteiger partial charge in [-0.15, -0.1) is 0 Å². The minimum absolute atomic E-state index is 0.106. The molecular formula is C18H20FN3O2. The minimum atomic E-state index is -0.494. The monoisotopic (exact) mass is 329 g/mol. The smallest absolute Gasteiger partial charge is 0.274 e. The third-order valence-electron chi connectivity index (χ3n) is 3.52. The molecule has 0 saturated heterocycles. The molecule has 1 aromatic carbocycles. The Kier molecular flexibility index (Phi) is 6.01. The molecule has 0 bridgehead atoms. The number of amides is 2. The fraction of sp³-hybridized carbons (Fsp3) is 0.278. The molecule has 126 valence electrons. The number of aromatic nitrogens is 1. The third kappa shape index (κ3) is 4.62. The predicted octanol–water partition coefficient (Wildman–Crippen LogP) is 3.35. The maximum atomic E-state index is 13.2. The number of nitrogens with one attached hydrogen (secondary N) is 1. The summed E-state index contributed by atoms with van der Waals surface area (Å²) in [4.78, 5) is 30.2. The molecule has 0 atom stereocenters. The molecule has 0 saturated carbocycles. The lowest BCUT2D eigenvalue weighted by Gasteiger charge is -2.16. The lowest BCUT2D eigenvalue weighted by Crippen LogP contribution is -2.28. The Labute approximate surface area is 140 Å². The lowest BCUT2D eigenvalue weighted by molar-refractivity contribution is 0.0793. The molecule has 1 heterocycles. The highest BCUT2D eigenvalue weighted by Gasteiger charge is 2.15. The fourth-order valence-electron chi connectivity index (χ4n) is 2.17. The Morgan fingerprint density at radius 3 is 2.75 bits per heavy atom. The van der Waals surface area contributed by atoms with Crippen molar-refractivity contribution in [3.8, 4) is 0 Å². The first kappa shape index (κ1) is 17.6. The molecule has 0 spiro atoms. The Bertz CT molecular complexity index is 734. The number of carbonyl (C=O) groups is 2. The van der Waals surface area contributed by atoms with Crippen LogP contribution in [0, 0.1) is 5.82 Å². The van der Waals surface area contributed by atoms with Crippen LogP contribution in [0.25, 0.3) is 0 Å². The van der Waals surface area contributed by atoms with Crippen LogP contribution in [0.2, 0.25) is 0 Å². The van der Waals surface area contributed by atoms with E-state index in [4.69, 9.17) is 0 Å². The predicted molar refractivity (Wildman–Crippen MR) is 90.5 cm³/mol. The average Bonchev–Trinajstić information content (AvgIpc) is 2.59. The van der Waals surface area contributed by atoms with Gasteiger partial charge in [-0.25, -0.2) is 4.39 Å². The van der Waals surface area contributed by atoms with Crippen molar-refractivity contribution in [2.24, 2.45) is 0 Å². The number of hydrogen-bond acceptors (Lipinski definition) is 3. The lowest BCUT2D eigenvalue weighted by atomic mass is 10.2. The van der Waals surface area contributed by atoms with Crippen molar-refractivity contribution in [1.29, 1.82) is 0 Å². The number of unbranched alkanes of at least 4 members (excludes halogenated alkanes) is 1. The highest BCUT2D eigenvalue weighted by molar-refractivity contribution is 6.04. The van der Waals surface area contributed by atoms with Gasteiger partial charge in [0.2, 0.25) is 0 Å². The van der Waals surface area contributed by atoms with E-state index < -0.39 is 11.7 Å². The molecular weight excluding hydrogens is 309 g/mol. The first-order valence-corrected chi connectivity index (χ1v) is 7.79. The van der Waals surface area contributed by atoms with E-state index in [1.165, 1.54) is 30.5 Å². The summed E-state index contributed by atoms with van der Waals surface area (Å²) in [7, 11) is 1.73. The van der Waals surface area contributed by atoms with Crippen LogP contribution in [0.4, 0.5) is 10.1 Å². The molecule has 1 aromatic heterocycles. The molecule has 6 heteroatoms. The van der Waals surface area contributed by atoms with Crippen LogP contribution >= 0.6 is 0 Å². The van der Waals surface area contributed by atoms with Crippen LogP contribution in [0.15, 0.2) is 42.6 Å². The van der Waals surface area contributed by atoms with E-state index in [2.05, 4.69) is 17.2 Å². The normalized spacial score (nSPS) is 10.3. The number of benzene rings is 1. The summed E-state index contributed by atoms with van der Waals surface area (Å²) < 4.78 is 13.2. The molecule has 0 radical (unpaired) electrons. The second kappa shape index (κ2) is 8.19. The first-order chi connectivity index (χ1) is 11.5. The Balaban J connectivity index is 2.11. The SMILES string of the molecule is CCCCN(C)C(=O)c1ccnc(C(=O)Nc2cccc(F)c2)c1. The topological polar surface area (TPSA) is 62.3 Å². The second-order valence-corrected chi connectivity index (χ2v) is 5.47. The molecule has 2 amide bonds. The van der Waals surface area contributed by atoms with Gasteiger partial charge in [-0.2, -0.15) is 0 Å². The van der Waals surface area contributed by atoms with Gasteiger partial charge < -0.3 is 10.2 Å². The van der Waals surface area contributed by atoms with Gasteiger partial charge in [-0.05, 0) is 36.8 Å². The zero-order valence-corrected chi connectivity index (χ0v) is 13.8. The van der Waals surface area contributed by atoms with Gasteiger partial charge >= 0.3 is 0 Å². The molecule has 5 nitrogen and oxygen atoms in total. The number of pyridine rings is 1. The average molecular weight is 329 g/mol. The van der Waals surface area contributed by atoms with Crippen LogP contribution < -0.4 is 5.32 Å². The van der Waals surface area contributed by atoms with Gasteiger partial charge in [0.25, 0.3) is 11.8 Å². The van der Waals surface area contributed by atoms with Gasteiger partial charge in [-0.3, -0.25) is 14.6 Å². The van der Waals surface area contributed by atoms with Crippen molar-refractivity contribution in [2.75, 3.05) is 18.9 Å². The van der Waals surface area contributed by atoms with Gasteiger partial charge in [0, 0.05) is 31.0 Å². The molecule has 2 rings (SSSR count). The van der Waals surface area contributed by atoms with Crippen molar-refractivity contribution in [2.45, 2.75) is 19.8 Å². The molecule has 0 aliphatic rings. The number of nitrogens with zero attached hydrogens (tertiary/aromatic N) is 2. The second-order valence-electron chi connectivity index (χ2n) is 5.47. The van der Waals surface area contributed by atoms with Crippen molar-refractivity contribution < 1.29 is 14.0 Å². The Morgan fingerprint density at radius 2 is 2.04 bits per heavy atom. The van der Waals surface area contributed by atoms with E-state index in [-0.39, 0.29) is 11.6 Å². The van der Waals surface area contributed by atoms with Gasteiger partial charge in [0.15, 0.2) is 0 Å². The van der Waals surface area contributed by atoms with Gasteiger partial charge in [0.05, 0.1) is 0 Å². The quantitative estimate of drug-likeness (QED) is 0.884. The van der Waals surface area contributed by atoms with Crippen LogP contribution in [0.1, 0.15) is 40.6 Å². The van der Waals surface area contributed by atoms with E-state index in [1.807, 2.05) is 0 Å². The van der Waals surface area contributed by atoms with Gasteiger partial charge in [0.1, 0.15) is 11.5 Å². The number of rotatable bonds is 6. The van der Waals surface area contributed by atoms with Crippen LogP contribution in [-0.2, 0) is 0 Å². The van der Waals surface area contributed by atoms with Crippen molar-refractivity contribution in [3.05, 3.63) is 59.7 Å². The minimum Gasteiger partial charge on any atom is -0.342 e. The number of carbonyl (C=O) groups excluding carboxylic acids is 2. The molecule has 0 unspecified atom stereocenters. The Morgan fingerprint density at radius 1 is 1.25 bits per heavy atom. The fourth-order valence-corrected chi connectivity index (χ4v) is 2.17. The van der Waals surface area contributed by atoms with Crippen molar-refractivity contribution >= 4 is 17.5 Å². The van der Waals surface area contributed by atoms with Crippen molar-refractivity contribution in [1.82, 2.24) is 9.88 Å². The summed E-state index contributed by atoms with van der Waals surface area (Å²) in [5.74, 6) is -1.10. The summed E-state index contributed by atoms with van der Waals surface area (Å²) >= 11 is 0. The van der Waals surface area contributed by atoms with Crippen molar-refractivity contribution in [3.63, 3.8) is 0 Å². The molecule has 0 fully saturated rings. The first-order valence-electron chi connectivity index (χ1n) is 7.79. The zero-order valence-electron chi connectivity index (χ0n) is 13.8. The van der Waals surface area contributed by atoms with Crippen LogP contribution in [-0.4, -0.2) is 35.3 Å². The molecule has 1 N–H and O–H groups in total. The molecule has 0 aliphatic carbocycles. The summed E-state index contributed by atoms with van der Waals surface area (Å²) in [5, 5.41) is 2.56. The summed E-state index contributed by atoms with van der Waals surface area (Å²) in [6.45, 7) is 2.71. The van der Waals surface area contributed by atoms with E-state index in [1.54, 1.807) is 24.1 Å². The van der Waals surface area contributed by atoms with E-state index in [9.17, 15) is 14.0 Å². The number of hydrogen-bond donors (Lipinski definition) is 1. The van der Waals surface area contributed by atoms with E-state index in [0.29, 0.717) is 17.8 Å². The maximum absolute atomic E-state index is 13.2. The highest BCUT2D eigenvalue weighted by Crippen LogP contribution is 2.12. The third-order valence-corrected chi connectivity index (χ3v) is 3.52. The highest BCUT2D eigenvalue weighted by atomic mass is 19.1. The molecule has 2 aromatic rings. The van der Waals surface area contributed by atoms with Crippen LogP contribution in [0.3, 0.4) is 0 Å². The van der Waals surface area contributed by atoms with E-state index in [0.717, 1.165) is 12.8 Å². The molecule has 0 aliphatic heterocycles. The largest absolute Gasteiger partial charge is 0.342 e.